The van der Waals surface area contributed by atoms with Crippen LogP contribution in [-0.2, 0) is 16.1 Å². The minimum absolute atomic E-state index is 0.211. The summed E-state index contributed by atoms with van der Waals surface area (Å²) >= 11 is 0. The van der Waals surface area contributed by atoms with Gasteiger partial charge in [0.05, 0.1) is 29.1 Å². The number of ether oxygens (including phenoxy) is 1. The van der Waals surface area contributed by atoms with Crippen LogP contribution in [0.4, 0.5) is 5.69 Å². The van der Waals surface area contributed by atoms with E-state index in [9.17, 15) is 5.11 Å². The molecule has 8 heteroatoms. The molecule has 0 amide bonds. The van der Waals surface area contributed by atoms with Crippen molar-refractivity contribution in [2.45, 2.75) is 76.2 Å². The number of aryl methyl sites for hydroxylation is 1. The lowest BCUT2D eigenvalue weighted by atomic mass is 9.79. The summed E-state index contributed by atoms with van der Waals surface area (Å²) in [6.45, 7) is 4.42. The maximum atomic E-state index is 9.87. The van der Waals surface area contributed by atoms with Crippen molar-refractivity contribution in [3.8, 4) is 0 Å². The van der Waals surface area contributed by atoms with Crippen LogP contribution in [0.2, 0.25) is 0 Å². The molecule has 0 bridgehead atoms. The number of nitrogens with zero attached hydrogens (tertiary/aromatic N) is 4. The van der Waals surface area contributed by atoms with E-state index < -0.39 is 0 Å². The number of rotatable bonds is 4. The number of hydrogen-bond acceptors (Lipinski definition) is 7. The van der Waals surface area contributed by atoms with E-state index in [2.05, 4.69) is 22.5 Å². The molecular weight excluding hydrogens is 370 g/mol. The summed E-state index contributed by atoms with van der Waals surface area (Å²) < 4.78 is 7.45. The zero-order valence-electron chi connectivity index (χ0n) is 16.9. The molecule has 156 valence electrons. The molecule has 2 aromatic rings. The number of oxime groups is 1. The average molecular weight is 399 g/mol. The number of nitrogens with one attached hydrogen (secondary N) is 1. The van der Waals surface area contributed by atoms with Gasteiger partial charge in [-0.2, -0.15) is 5.10 Å². The van der Waals surface area contributed by atoms with Crippen molar-refractivity contribution < 1.29 is 14.7 Å². The molecule has 2 aliphatic heterocycles. The van der Waals surface area contributed by atoms with E-state index in [-0.39, 0.29) is 11.7 Å². The summed E-state index contributed by atoms with van der Waals surface area (Å²) in [5.41, 5.74) is 3.61. The van der Waals surface area contributed by atoms with Gasteiger partial charge >= 0.3 is 0 Å². The van der Waals surface area contributed by atoms with Crippen molar-refractivity contribution in [3.05, 3.63) is 18.0 Å². The Hall–Kier alpha value is -2.19. The maximum absolute atomic E-state index is 9.87. The van der Waals surface area contributed by atoms with Gasteiger partial charge in [0, 0.05) is 44.0 Å². The molecule has 1 spiro atoms. The van der Waals surface area contributed by atoms with Crippen molar-refractivity contribution >= 4 is 22.4 Å². The highest BCUT2D eigenvalue weighted by Crippen LogP contribution is 2.41. The van der Waals surface area contributed by atoms with Gasteiger partial charge in [-0.3, -0.25) is 0 Å². The Bertz CT molecular complexity index is 910. The van der Waals surface area contributed by atoms with Gasteiger partial charge in [0.1, 0.15) is 5.60 Å². The highest BCUT2D eigenvalue weighted by atomic mass is 16.7. The minimum Gasteiger partial charge on any atom is -0.393 e. The molecule has 8 nitrogen and oxygen atoms in total. The fourth-order valence-electron chi connectivity index (χ4n) is 4.74. The highest BCUT2D eigenvalue weighted by Gasteiger charge is 2.43. The van der Waals surface area contributed by atoms with Gasteiger partial charge in [-0.15, -0.1) is 0 Å². The number of aliphatic hydroxyl groups excluding tert-OH is 1. The Morgan fingerprint density at radius 1 is 1.21 bits per heavy atom. The normalized spacial score (nSPS) is 27.9. The van der Waals surface area contributed by atoms with Crippen molar-refractivity contribution in [1.29, 1.82) is 0 Å². The molecule has 2 fully saturated rings. The largest absolute Gasteiger partial charge is 0.393 e. The number of aliphatic hydroxyl groups is 1. The summed E-state index contributed by atoms with van der Waals surface area (Å²) in [6, 6.07) is 0.361. The van der Waals surface area contributed by atoms with Gasteiger partial charge in [-0.05, 0) is 45.4 Å². The number of anilines is 1. The lowest BCUT2D eigenvalue weighted by Gasteiger charge is -2.32. The third-order valence-corrected chi connectivity index (χ3v) is 6.55. The molecule has 4 heterocycles. The van der Waals surface area contributed by atoms with E-state index in [1.165, 1.54) is 0 Å². The molecule has 5 rings (SSSR count). The monoisotopic (exact) mass is 399 g/mol. The predicted molar refractivity (Wildman–Crippen MR) is 110 cm³/mol. The fraction of sp³-hybridized carbons (Fsp3) is 0.667. The quantitative estimate of drug-likeness (QED) is 0.821. The second-order valence-electron chi connectivity index (χ2n) is 8.50. The third kappa shape index (κ3) is 3.48. The van der Waals surface area contributed by atoms with Gasteiger partial charge in [0.15, 0.2) is 5.65 Å². The van der Waals surface area contributed by atoms with Crippen LogP contribution in [0.25, 0.3) is 11.0 Å². The van der Waals surface area contributed by atoms with Crippen LogP contribution in [0.3, 0.4) is 0 Å². The van der Waals surface area contributed by atoms with Gasteiger partial charge < -0.3 is 20.0 Å². The number of aromatic nitrogens is 3. The van der Waals surface area contributed by atoms with Gasteiger partial charge in [0.25, 0.3) is 0 Å². The topological polar surface area (TPSA) is 93.8 Å². The summed E-state index contributed by atoms with van der Waals surface area (Å²) in [4.78, 5) is 10.7. The van der Waals surface area contributed by atoms with Crippen molar-refractivity contribution in [2.75, 3.05) is 18.5 Å². The maximum Gasteiger partial charge on any atom is 0.159 e. The van der Waals surface area contributed by atoms with Crippen LogP contribution in [0.5, 0.6) is 0 Å². The van der Waals surface area contributed by atoms with Crippen molar-refractivity contribution in [2.24, 2.45) is 5.16 Å². The fourth-order valence-corrected chi connectivity index (χ4v) is 4.74. The molecule has 0 unspecified atom stereocenters. The Morgan fingerprint density at radius 3 is 2.76 bits per heavy atom. The molecule has 2 N–H and O–H groups in total. The standard InChI is InChI=1S/C21H29N5O3/c1-2-26-20-17(13-23-26)19(24-14-5-9-28-10-6-14)16(12-22-20)18-11-21(29-25-18)7-3-15(27)4-8-21/h12-15,27H,2-11H2,1H3,(H,22,24). The Labute approximate surface area is 170 Å². The highest BCUT2D eigenvalue weighted by molar-refractivity contribution is 6.10. The first-order chi connectivity index (χ1) is 14.2. The molecule has 2 aromatic heterocycles. The zero-order valence-corrected chi connectivity index (χ0v) is 16.9. The Balaban J connectivity index is 1.49. The average Bonchev–Trinajstić information content (AvgIpc) is 3.36. The summed E-state index contributed by atoms with van der Waals surface area (Å²) in [6.07, 6.45) is 9.56. The first-order valence-electron chi connectivity index (χ1n) is 10.8. The first kappa shape index (κ1) is 18.8. The zero-order chi connectivity index (χ0) is 19.8. The molecule has 1 aliphatic carbocycles. The summed E-state index contributed by atoms with van der Waals surface area (Å²) in [5, 5.41) is 23.7. The van der Waals surface area contributed by atoms with E-state index >= 15 is 0 Å². The molecular formula is C21H29N5O3. The van der Waals surface area contributed by atoms with E-state index in [4.69, 9.17) is 14.6 Å². The first-order valence-corrected chi connectivity index (χ1v) is 10.8. The second kappa shape index (κ2) is 7.57. The molecule has 29 heavy (non-hydrogen) atoms. The van der Waals surface area contributed by atoms with Crippen LogP contribution in [0, 0.1) is 0 Å². The molecule has 1 saturated carbocycles. The lowest BCUT2D eigenvalue weighted by molar-refractivity contribution is -0.0676. The SMILES string of the molecule is CCn1ncc2c(NC3CCOCC3)c(C3=NOC4(CCC(O)CC4)C3)cnc21. The van der Waals surface area contributed by atoms with E-state index in [0.717, 1.165) is 92.7 Å². The van der Waals surface area contributed by atoms with Crippen LogP contribution in [0.15, 0.2) is 17.5 Å². The molecule has 0 atom stereocenters. The van der Waals surface area contributed by atoms with Gasteiger partial charge in [0.2, 0.25) is 0 Å². The predicted octanol–water partition coefficient (Wildman–Crippen LogP) is 2.84. The van der Waals surface area contributed by atoms with Crippen LogP contribution in [-0.4, -0.2) is 56.5 Å². The molecule has 0 aromatic carbocycles. The third-order valence-electron chi connectivity index (χ3n) is 6.55. The minimum atomic E-state index is -0.271. The number of pyridine rings is 1. The van der Waals surface area contributed by atoms with Crippen molar-refractivity contribution in [1.82, 2.24) is 14.8 Å². The Morgan fingerprint density at radius 2 is 2.00 bits per heavy atom. The van der Waals surface area contributed by atoms with E-state index in [1.54, 1.807) is 0 Å². The van der Waals surface area contributed by atoms with E-state index in [0.29, 0.717) is 6.04 Å². The molecule has 3 aliphatic rings. The summed E-state index contributed by atoms with van der Waals surface area (Å²) in [5.74, 6) is 0. The van der Waals surface area contributed by atoms with E-state index in [1.807, 2.05) is 17.1 Å². The number of fused-ring (bicyclic) bond motifs is 1. The van der Waals surface area contributed by atoms with Crippen LogP contribution >= 0.6 is 0 Å². The smallest absolute Gasteiger partial charge is 0.159 e. The summed E-state index contributed by atoms with van der Waals surface area (Å²) in [7, 11) is 0. The molecule has 0 radical (unpaired) electrons. The van der Waals surface area contributed by atoms with Crippen LogP contribution < -0.4 is 5.32 Å². The lowest BCUT2D eigenvalue weighted by Crippen LogP contribution is -2.36. The van der Waals surface area contributed by atoms with Gasteiger partial charge in [-0.25, -0.2) is 9.67 Å². The molecule has 1 saturated heterocycles. The second-order valence-corrected chi connectivity index (χ2v) is 8.50. The van der Waals surface area contributed by atoms with Crippen LogP contribution in [0.1, 0.15) is 57.4 Å². The van der Waals surface area contributed by atoms with Gasteiger partial charge in [-0.1, -0.05) is 5.16 Å². The van der Waals surface area contributed by atoms with Crippen molar-refractivity contribution in [3.63, 3.8) is 0 Å². The number of hydrogen-bond donors (Lipinski definition) is 2. The Kier molecular flexibility index (Phi) is 4.91.